The van der Waals surface area contributed by atoms with Crippen LogP contribution in [0.25, 0.3) is 0 Å². The molecule has 0 aromatic carbocycles. The standard InChI is InChI=1S/C10H9BrOS2/c1-6-7(4-5-13-6)10(12)8-2-3-9(11)14-8/h2-5,10,12H,1H3. The largest absolute Gasteiger partial charge is 0.383 e. The van der Waals surface area contributed by atoms with Crippen molar-refractivity contribution >= 4 is 38.6 Å². The molecule has 74 valence electrons. The summed E-state index contributed by atoms with van der Waals surface area (Å²) in [6.45, 7) is 2.03. The van der Waals surface area contributed by atoms with E-state index >= 15 is 0 Å². The highest BCUT2D eigenvalue weighted by atomic mass is 79.9. The smallest absolute Gasteiger partial charge is 0.114 e. The van der Waals surface area contributed by atoms with E-state index in [2.05, 4.69) is 15.9 Å². The first-order chi connectivity index (χ1) is 6.68. The molecule has 0 aliphatic rings. The third-order valence-electron chi connectivity index (χ3n) is 2.06. The molecule has 0 saturated heterocycles. The number of aliphatic hydroxyl groups excluding tert-OH is 1. The average Bonchev–Trinajstić information content (AvgIpc) is 2.73. The minimum absolute atomic E-state index is 0.474. The number of rotatable bonds is 2. The predicted octanol–water partition coefficient (Wildman–Crippen LogP) is 3.96. The third kappa shape index (κ3) is 1.93. The van der Waals surface area contributed by atoms with Crippen molar-refractivity contribution in [2.75, 3.05) is 0 Å². The number of hydrogen-bond donors (Lipinski definition) is 1. The Balaban J connectivity index is 2.33. The van der Waals surface area contributed by atoms with E-state index < -0.39 is 6.10 Å². The molecule has 0 saturated carbocycles. The summed E-state index contributed by atoms with van der Waals surface area (Å²) in [5.41, 5.74) is 1.02. The summed E-state index contributed by atoms with van der Waals surface area (Å²) < 4.78 is 1.06. The van der Waals surface area contributed by atoms with E-state index in [1.807, 2.05) is 30.5 Å². The second kappa shape index (κ2) is 4.14. The van der Waals surface area contributed by atoms with Crippen LogP contribution in [0, 0.1) is 6.92 Å². The van der Waals surface area contributed by atoms with Crippen molar-refractivity contribution < 1.29 is 5.11 Å². The molecule has 0 aliphatic heterocycles. The van der Waals surface area contributed by atoms with Crippen LogP contribution in [0.5, 0.6) is 0 Å². The molecule has 2 rings (SSSR count). The van der Waals surface area contributed by atoms with Crippen molar-refractivity contribution in [1.82, 2.24) is 0 Å². The highest BCUT2D eigenvalue weighted by molar-refractivity contribution is 9.11. The Bertz CT molecular complexity index is 433. The van der Waals surface area contributed by atoms with Crippen LogP contribution >= 0.6 is 38.6 Å². The van der Waals surface area contributed by atoms with E-state index in [0.29, 0.717) is 0 Å². The fraction of sp³-hybridized carbons (Fsp3) is 0.200. The van der Waals surface area contributed by atoms with Crippen LogP contribution in [0.4, 0.5) is 0 Å². The van der Waals surface area contributed by atoms with Gasteiger partial charge in [0.15, 0.2) is 0 Å². The summed E-state index contributed by atoms with van der Waals surface area (Å²) in [7, 11) is 0. The van der Waals surface area contributed by atoms with Gasteiger partial charge in [-0.15, -0.1) is 22.7 Å². The van der Waals surface area contributed by atoms with Crippen LogP contribution in [0.2, 0.25) is 0 Å². The maximum absolute atomic E-state index is 10.1. The zero-order valence-electron chi connectivity index (χ0n) is 7.53. The molecule has 0 amide bonds. The zero-order valence-corrected chi connectivity index (χ0v) is 10.7. The van der Waals surface area contributed by atoms with Gasteiger partial charge < -0.3 is 5.11 Å². The van der Waals surface area contributed by atoms with Crippen LogP contribution < -0.4 is 0 Å². The first-order valence-corrected chi connectivity index (χ1v) is 6.64. The first-order valence-electron chi connectivity index (χ1n) is 4.16. The SMILES string of the molecule is Cc1sccc1C(O)c1ccc(Br)s1. The Labute approximate surface area is 99.2 Å². The van der Waals surface area contributed by atoms with Gasteiger partial charge in [-0.1, -0.05) is 0 Å². The second-order valence-electron chi connectivity index (χ2n) is 2.98. The minimum Gasteiger partial charge on any atom is -0.383 e. The molecule has 4 heteroatoms. The van der Waals surface area contributed by atoms with Gasteiger partial charge in [-0.2, -0.15) is 0 Å². The summed E-state index contributed by atoms with van der Waals surface area (Å²) in [5.74, 6) is 0. The van der Waals surface area contributed by atoms with E-state index in [1.54, 1.807) is 22.7 Å². The molecule has 0 bridgehead atoms. The summed E-state index contributed by atoms with van der Waals surface area (Å²) >= 11 is 6.63. The van der Waals surface area contributed by atoms with E-state index in [4.69, 9.17) is 0 Å². The Morgan fingerprint density at radius 3 is 2.64 bits per heavy atom. The molecular weight excluding hydrogens is 280 g/mol. The molecule has 14 heavy (non-hydrogen) atoms. The van der Waals surface area contributed by atoms with Crippen molar-refractivity contribution in [3.8, 4) is 0 Å². The van der Waals surface area contributed by atoms with Gasteiger partial charge >= 0.3 is 0 Å². The van der Waals surface area contributed by atoms with Gasteiger partial charge in [-0.05, 0) is 52.0 Å². The third-order valence-corrected chi connectivity index (χ3v) is 4.59. The first kappa shape index (κ1) is 10.4. The highest BCUT2D eigenvalue weighted by Gasteiger charge is 2.15. The summed E-state index contributed by atoms with van der Waals surface area (Å²) in [6.07, 6.45) is -0.474. The number of halogens is 1. The molecule has 2 aromatic heterocycles. The fourth-order valence-electron chi connectivity index (χ4n) is 1.31. The lowest BCUT2D eigenvalue weighted by atomic mass is 10.1. The van der Waals surface area contributed by atoms with Gasteiger partial charge in [0.05, 0.1) is 3.79 Å². The van der Waals surface area contributed by atoms with Crippen molar-refractivity contribution in [3.63, 3.8) is 0 Å². The molecular formula is C10H9BrOS2. The van der Waals surface area contributed by atoms with Gasteiger partial charge in [0.25, 0.3) is 0 Å². The molecule has 1 nitrogen and oxygen atoms in total. The van der Waals surface area contributed by atoms with Gasteiger partial charge in [0.1, 0.15) is 6.10 Å². The molecule has 1 atom stereocenters. The fourth-order valence-corrected chi connectivity index (χ4v) is 3.47. The number of hydrogen-bond acceptors (Lipinski definition) is 3. The molecule has 0 spiro atoms. The Morgan fingerprint density at radius 2 is 2.14 bits per heavy atom. The summed E-state index contributed by atoms with van der Waals surface area (Å²) in [6, 6.07) is 5.90. The molecule has 0 fully saturated rings. The predicted molar refractivity (Wildman–Crippen MR) is 65.1 cm³/mol. The van der Waals surface area contributed by atoms with E-state index in [0.717, 1.165) is 14.2 Å². The summed E-state index contributed by atoms with van der Waals surface area (Å²) in [5, 5.41) is 12.1. The lowest BCUT2D eigenvalue weighted by Crippen LogP contribution is -1.96. The maximum atomic E-state index is 10.1. The number of aryl methyl sites for hydroxylation is 1. The molecule has 1 N–H and O–H groups in total. The van der Waals surface area contributed by atoms with Gasteiger partial charge in [0.2, 0.25) is 0 Å². The molecule has 2 heterocycles. The van der Waals surface area contributed by atoms with Crippen molar-refractivity contribution in [2.24, 2.45) is 0 Å². The molecule has 1 unspecified atom stereocenters. The maximum Gasteiger partial charge on any atom is 0.114 e. The van der Waals surface area contributed by atoms with Crippen LogP contribution in [0.1, 0.15) is 21.4 Å². The molecule has 2 aromatic rings. The van der Waals surface area contributed by atoms with Gasteiger partial charge in [-0.25, -0.2) is 0 Å². The van der Waals surface area contributed by atoms with E-state index in [1.165, 1.54) is 4.88 Å². The Hall–Kier alpha value is -0.160. The topological polar surface area (TPSA) is 20.2 Å². The number of aliphatic hydroxyl groups is 1. The monoisotopic (exact) mass is 288 g/mol. The number of thiophene rings is 2. The van der Waals surface area contributed by atoms with Crippen LogP contribution in [0.15, 0.2) is 27.4 Å². The van der Waals surface area contributed by atoms with Crippen molar-refractivity contribution in [1.29, 1.82) is 0 Å². The zero-order chi connectivity index (χ0) is 10.1. The van der Waals surface area contributed by atoms with Crippen LogP contribution in [-0.2, 0) is 0 Å². The van der Waals surface area contributed by atoms with Gasteiger partial charge in [-0.3, -0.25) is 0 Å². The van der Waals surface area contributed by atoms with E-state index in [9.17, 15) is 5.11 Å². The lowest BCUT2D eigenvalue weighted by molar-refractivity contribution is 0.224. The van der Waals surface area contributed by atoms with Crippen molar-refractivity contribution in [2.45, 2.75) is 13.0 Å². The Morgan fingerprint density at radius 1 is 1.36 bits per heavy atom. The minimum atomic E-state index is -0.474. The van der Waals surface area contributed by atoms with Crippen LogP contribution in [-0.4, -0.2) is 5.11 Å². The summed E-state index contributed by atoms with van der Waals surface area (Å²) in [4.78, 5) is 2.17. The van der Waals surface area contributed by atoms with Crippen molar-refractivity contribution in [3.05, 3.63) is 42.7 Å². The van der Waals surface area contributed by atoms with E-state index in [-0.39, 0.29) is 0 Å². The molecule has 0 aliphatic carbocycles. The normalized spacial score (nSPS) is 13.1. The highest BCUT2D eigenvalue weighted by Crippen LogP contribution is 2.33. The second-order valence-corrected chi connectivity index (χ2v) is 6.59. The Kier molecular flexibility index (Phi) is 3.07. The lowest BCUT2D eigenvalue weighted by Gasteiger charge is -2.07. The molecule has 0 radical (unpaired) electrons. The quantitative estimate of drug-likeness (QED) is 0.887. The van der Waals surface area contributed by atoms with Crippen LogP contribution in [0.3, 0.4) is 0 Å². The average molecular weight is 289 g/mol. The van der Waals surface area contributed by atoms with Gasteiger partial charge in [0, 0.05) is 9.75 Å².